The molecule has 5 rings (SSSR count). The summed E-state index contributed by atoms with van der Waals surface area (Å²) in [6.45, 7) is 4.52. The molecule has 0 bridgehead atoms. The van der Waals surface area contributed by atoms with Crippen LogP contribution in [0.1, 0.15) is 33.1 Å². The van der Waals surface area contributed by atoms with Crippen molar-refractivity contribution in [1.82, 2.24) is 19.7 Å². The molecule has 0 aliphatic rings. The van der Waals surface area contributed by atoms with Crippen molar-refractivity contribution in [2.75, 3.05) is 0 Å². The molecule has 3 aromatic heterocycles. The molecule has 0 aliphatic carbocycles. The molecule has 3 heterocycles. The van der Waals surface area contributed by atoms with Gasteiger partial charge in [0.15, 0.2) is 0 Å². The van der Waals surface area contributed by atoms with Gasteiger partial charge in [-0.25, -0.2) is 0 Å². The molecule has 7 heteroatoms. The Morgan fingerprint density at radius 3 is 2.59 bits per heavy atom. The number of hydrogen-bond donors (Lipinski definition) is 1. The number of carbonyl (C=O) groups excluding carboxylic acids is 1. The number of aromatic nitrogens is 4. The van der Waals surface area contributed by atoms with E-state index in [4.69, 9.17) is 4.42 Å². The Labute approximate surface area is 184 Å². The summed E-state index contributed by atoms with van der Waals surface area (Å²) in [5, 5.41) is 18.7. The van der Waals surface area contributed by atoms with Crippen molar-refractivity contribution in [1.29, 1.82) is 0 Å². The number of ketones is 1. The quantitative estimate of drug-likeness (QED) is 0.412. The molecule has 5 aromatic rings. The number of benzene rings is 2. The lowest BCUT2D eigenvalue weighted by Gasteiger charge is -2.09. The maximum Gasteiger partial charge on any atom is 0.289 e. The maximum atomic E-state index is 13.4. The summed E-state index contributed by atoms with van der Waals surface area (Å²) < 4.78 is 7.71. The molecule has 2 aromatic carbocycles. The van der Waals surface area contributed by atoms with Gasteiger partial charge in [-0.15, -0.1) is 10.2 Å². The predicted octanol–water partition coefficient (Wildman–Crippen LogP) is 4.69. The molecule has 0 atom stereocenters. The number of aryl methyl sites for hydroxylation is 1. The Balaban J connectivity index is 1.60. The third kappa shape index (κ3) is 3.43. The van der Waals surface area contributed by atoms with Gasteiger partial charge in [-0.1, -0.05) is 35.9 Å². The number of rotatable bonds is 5. The number of carbonyl (C=O) groups is 1. The third-order valence-corrected chi connectivity index (χ3v) is 5.50. The van der Waals surface area contributed by atoms with Crippen LogP contribution in [0.3, 0.4) is 0 Å². The number of fused-ring (bicyclic) bond motifs is 1. The van der Waals surface area contributed by atoms with Gasteiger partial charge in [-0.2, -0.15) is 0 Å². The van der Waals surface area contributed by atoms with Crippen LogP contribution in [0.4, 0.5) is 0 Å². The van der Waals surface area contributed by atoms with Gasteiger partial charge in [0.25, 0.3) is 17.6 Å². The number of pyridine rings is 1. The fourth-order valence-corrected chi connectivity index (χ4v) is 3.85. The average Bonchev–Trinajstić information content (AvgIpc) is 3.39. The summed E-state index contributed by atoms with van der Waals surface area (Å²) in [4.78, 5) is 17.6. The van der Waals surface area contributed by atoms with Gasteiger partial charge in [0, 0.05) is 29.3 Å². The minimum Gasteiger partial charge on any atom is -0.508 e. The number of nitrogens with zero attached hydrogens (tertiary/aromatic N) is 4. The highest BCUT2D eigenvalue weighted by molar-refractivity contribution is 6.15. The van der Waals surface area contributed by atoms with E-state index in [9.17, 15) is 9.90 Å². The Morgan fingerprint density at radius 2 is 1.84 bits per heavy atom. The first-order chi connectivity index (χ1) is 15.5. The molecule has 0 radical (unpaired) electrons. The van der Waals surface area contributed by atoms with E-state index in [1.165, 1.54) is 5.56 Å². The van der Waals surface area contributed by atoms with E-state index < -0.39 is 5.78 Å². The van der Waals surface area contributed by atoms with Crippen LogP contribution in [0.2, 0.25) is 0 Å². The van der Waals surface area contributed by atoms with Crippen LogP contribution in [0.5, 0.6) is 5.75 Å². The third-order valence-electron chi connectivity index (χ3n) is 5.50. The molecule has 0 aliphatic heterocycles. The molecule has 158 valence electrons. The van der Waals surface area contributed by atoms with Gasteiger partial charge in [0.1, 0.15) is 11.4 Å². The Hall–Kier alpha value is -4.26. The van der Waals surface area contributed by atoms with Gasteiger partial charge in [-0.05, 0) is 49.7 Å². The lowest BCUT2D eigenvalue weighted by molar-refractivity contribution is 0.100. The molecule has 0 unspecified atom stereocenters. The van der Waals surface area contributed by atoms with E-state index in [0.717, 1.165) is 16.8 Å². The summed E-state index contributed by atoms with van der Waals surface area (Å²) in [6.07, 6.45) is 1.62. The normalized spacial score (nSPS) is 11.2. The predicted molar refractivity (Wildman–Crippen MR) is 120 cm³/mol. The lowest BCUT2D eigenvalue weighted by Crippen LogP contribution is -2.06. The van der Waals surface area contributed by atoms with Crippen LogP contribution < -0.4 is 0 Å². The van der Waals surface area contributed by atoms with Crippen LogP contribution >= 0.6 is 0 Å². The molecular weight excluding hydrogens is 404 g/mol. The molecule has 32 heavy (non-hydrogen) atoms. The first kappa shape index (κ1) is 19.7. The van der Waals surface area contributed by atoms with E-state index in [1.54, 1.807) is 36.5 Å². The van der Waals surface area contributed by atoms with E-state index in [0.29, 0.717) is 23.2 Å². The molecule has 0 saturated carbocycles. The molecule has 0 saturated heterocycles. The number of hydrogen-bond acceptors (Lipinski definition) is 6. The highest BCUT2D eigenvalue weighted by atomic mass is 16.4. The number of phenols is 1. The van der Waals surface area contributed by atoms with Crippen LogP contribution in [0, 0.1) is 13.8 Å². The summed E-state index contributed by atoms with van der Waals surface area (Å²) in [5.74, 6) is -0.251. The molecule has 0 spiro atoms. The van der Waals surface area contributed by atoms with Crippen LogP contribution in [0.15, 0.2) is 71.3 Å². The van der Waals surface area contributed by atoms with Gasteiger partial charge in [0.2, 0.25) is 0 Å². The van der Waals surface area contributed by atoms with Crippen LogP contribution in [0.25, 0.3) is 22.5 Å². The second-order valence-electron chi connectivity index (χ2n) is 7.69. The number of aromatic hydroxyl groups is 1. The van der Waals surface area contributed by atoms with Gasteiger partial charge < -0.3 is 14.1 Å². The maximum absolute atomic E-state index is 13.4. The Morgan fingerprint density at radius 1 is 1.03 bits per heavy atom. The van der Waals surface area contributed by atoms with Crippen molar-refractivity contribution in [2.24, 2.45) is 0 Å². The standard InChI is InChI=1S/C25H20N4O3/c1-15-6-8-17(9-7-15)14-29-16(2)22(19-13-18(30)10-11-21(19)29)23(31)25-28-27-24(32-25)20-5-3-4-12-26-20/h3-13,30H,14H2,1-2H3. The molecular formula is C25H20N4O3. The van der Waals surface area contributed by atoms with Crippen molar-refractivity contribution < 1.29 is 14.3 Å². The molecule has 0 fully saturated rings. The topological polar surface area (TPSA) is 94.0 Å². The summed E-state index contributed by atoms with van der Waals surface area (Å²) in [7, 11) is 0. The zero-order valence-electron chi connectivity index (χ0n) is 17.6. The zero-order chi connectivity index (χ0) is 22.2. The molecule has 0 amide bonds. The van der Waals surface area contributed by atoms with Gasteiger partial charge in [-0.3, -0.25) is 9.78 Å². The van der Waals surface area contributed by atoms with Crippen molar-refractivity contribution in [3.63, 3.8) is 0 Å². The van der Waals surface area contributed by atoms with Crippen molar-refractivity contribution >= 4 is 16.7 Å². The van der Waals surface area contributed by atoms with Gasteiger partial charge in [0.05, 0.1) is 5.56 Å². The Bertz CT molecular complexity index is 1430. The average molecular weight is 424 g/mol. The van der Waals surface area contributed by atoms with Crippen molar-refractivity contribution in [2.45, 2.75) is 20.4 Å². The summed E-state index contributed by atoms with van der Waals surface area (Å²) in [5.41, 5.74) is 4.82. The minimum atomic E-state index is -0.393. The second-order valence-corrected chi connectivity index (χ2v) is 7.69. The van der Waals surface area contributed by atoms with E-state index in [-0.39, 0.29) is 17.5 Å². The largest absolute Gasteiger partial charge is 0.508 e. The summed E-state index contributed by atoms with van der Waals surface area (Å²) in [6, 6.07) is 18.6. The van der Waals surface area contributed by atoms with Crippen LogP contribution in [-0.4, -0.2) is 30.6 Å². The first-order valence-electron chi connectivity index (χ1n) is 10.2. The second kappa shape index (κ2) is 7.77. The van der Waals surface area contributed by atoms with Crippen molar-refractivity contribution in [3.05, 3.63) is 95.1 Å². The van der Waals surface area contributed by atoms with Crippen molar-refractivity contribution in [3.8, 4) is 17.3 Å². The molecule has 1 N–H and O–H groups in total. The lowest BCUT2D eigenvalue weighted by atomic mass is 10.1. The minimum absolute atomic E-state index is 0.0822. The fraction of sp³-hybridized carbons (Fsp3) is 0.120. The van der Waals surface area contributed by atoms with Crippen LogP contribution in [-0.2, 0) is 6.54 Å². The SMILES string of the molecule is Cc1ccc(Cn2c(C)c(C(=O)c3nnc(-c4ccccn4)o3)c3cc(O)ccc32)cc1. The van der Waals surface area contributed by atoms with E-state index >= 15 is 0 Å². The Kier molecular flexibility index (Phi) is 4.78. The summed E-state index contributed by atoms with van der Waals surface area (Å²) >= 11 is 0. The van der Waals surface area contributed by atoms with E-state index in [1.807, 2.05) is 19.9 Å². The van der Waals surface area contributed by atoms with Gasteiger partial charge >= 0.3 is 0 Å². The highest BCUT2D eigenvalue weighted by Gasteiger charge is 2.26. The first-order valence-corrected chi connectivity index (χ1v) is 10.2. The molecule has 7 nitrogen and oxygen atoms in total. The zero-order valence-corrected chi connectivity index (χ0v) is 17.6. The highest BCUT2D eigenvalue weighted by Crippen LogP contribution is 2.31. The monoisotopic (exact) mass is 424 g/mol. The van der Waals surface area contributed by atoms with E-state index in [2.05, 4.69) is 44.0 Å². The fourth-order valence-electron chi connectivity index (χ4n) is 3.85. The number of phenolic OH excluding ortho intramolecular Hbond substituents is 1. The smallest absolute Gasteiger partial charge is 0.289 e.